The topological polar surface area (TPSA) is 178 Å². The van der Waals surface area contributed by atoms with Crippen molar-refractivity contribution in [3.05, 3.63) is 48.6 Å². The monoisotopic (exact) mass is 1040 g/mol. The normalized spacial score (nSPS) is 19.2. The minimum Gasteiger partial charge on any atom is -0.457 e. The second kappa shape index (κ2) is 49.9. The van der Waals surface area contributed by atoms with Gasteiger partial charge in [0.1, 0.15) is 30.5 Å². The van der Waals surface area contributed by atoms with Crippen molar-refractivity contribution in [2.24, 2.45) is 0 Å². The largest absolute Gasteiger partial charge is 0.457 e. The van der Waals surface area contributed by atoms with Crippen molar-refractivity contribution in [2.75, 3.05) is 26.4 Å². The molecule has 0 saturated carbocycles. The maximum absolute atomic E-state index is 13.0. The van der Waals surface area contributed by atoms with E-state index in [1.54, 1.807) is 0 Å². The van der Waals surface area contributed by atoms with Gasteiger partial charge in [0.05, 0.1) is 19.8 Å². The van der Waals surface area contributed by atoms with E-state index >= 15 is 0 Å². The lowest BCUT2D eigenvalue weighted by molar-refractivity contribution is -0.301. The average Bonchev–Trinajstić information content (AvgIpc) is 3.36. The van der Waals surface area contributed by atoms with Crippen LogP contribution in [0.5, 0.6) is 0 Å². The summed E-state index contributed by atoms with van der Waals surface area (Å²) in [6, 6.07) is 0. The number of hydrogen-bond donors (Lipinski definition) is 4. The van der Waals surface area contributed by atoms with Crippen molar-refractivity contribution in [3.63, 3.8) is 0 Å². The second-order valence-electron chi connectivity index (χ2n) is 20.2. The van der Waals surface area contributed by atoms with E-state index in [1.165, 1.54) is 180 Å². The van der Waals surface area contributed by atoms with Crippen molar-refractivity contribution in [1.29, 1.82) is 0 Å². The van der Waals surface area contributed by atoms with Gasteiger partial charge in [-0.2, -0.15) is 8.42 Å². The fourth-order valence-corrected chi connectivity index (χ4v) is 9.48. The molecule has 0 radical (unpaired) electrons. The van der Waals surface area contributed by atoms with Crippen molar-refractivity contribution < 1.29 is 56.2 Å². The first kappa shape index (κ1) is 68.1. The molecule has 1 aliphatic heterocycles. The van der Waals surface area contributed by atoms with Gasteiger partial charge in [-0.25, -0.2) is 4.18 Å². The molecule has 6 atom stereocenters. The van der Waals surface area contributed by atoms with E-state index in [2.05, 4.69) is 66.6 Å². The van der Waals surface area contributed by atoms with E-state index in [0.717, 1.165) is 51.4 Å². The van der Waals surface area contributed by atoms with Crippen LogP contribution in [0.25, 0.3) is 0 Å². The van der Waals surface area contributed by atoms with Crippen LogP contribution in [-0.4, -0.2) is 97.5 Å². The first-order valence-corrected chi connectivity index (χ1v) is 30.8. The van der Waals surface area contributed by atoms with Gasteiger partial charge >= 0.3 is 16.4 Å². The third-order valence-corrected chi connectivity index (χ3v) is 13.9. The molecule has 0 aliphatic carbocycles. The van der Waals surface area contributed by atoms with Crippen LogP contribution in [0.2, 0.25) is 0 Å². The SMILES string of the molecule is CCCCCCC/C=C\C/C=C\CCCCCCCCCCCCCC(=O)OC(COCCCCCCCCCCCC/C=C\C/C=C\CCCCCCC)COC1OC(CO)C(O)C(OS(=O)(=O)O)C1O. The Labute approximate surface area is 440 Å². The summed E-state index contributed by atoms with van der Waals surface area (Å²) in [6.45, 7) is 4.00. The summed E-state index contributed by atoms with van der Waals surface area (Å²) in [5.74, 6) is -0.400. The quantitative estimate of drug-likeness (QED) is 0.0196. The first-order chi connectivity index (χ1) is 35.1. The minimum absolute atomic E-state index is 0.0336. The predicted molar refractivity (Wildman–Crippen MR) is 294 cm³/mol. The Morgan fingerprint density at radius 1 is 0.528 bits per heavy atom. The highest BCUT2D eigenvalue weighted by atomic mass is 32.3. The zero-order valence-electron chi connectivity index (χ0n) is 45.7. The van der Waals surface area contributed by atoms with Crippen LogP contribution in [0.1, 0.15) is 258 Å². The Hall–Kier alpha value is -1.94. The molecular weight excluding hydrogens is 933 g/mol. The Morgan fingerprint density at radius 3 is 1.32 bits per heavy atom. The lowest BCUT2D eigenvalue weighted by Crippen LogP contribution is -2.60. The molecule has 0 bridgehead atoms. The van der Waals surface area contributed by atoms with Gasteiger partial charge in [-0.15, -0.1) is 0 Å². The maximum atomic E-state index is 13.0. The number of esters is 1. The Bertz CT molecular complexity index is 1430. The molecule has 0 aromatic rings. The van der Waals surface area contributed by atoms with Crippen molar-refractivity contribution in [2.45, 2.75) is 295 Å². The third-order valence-electron chi connectivity index (χ3n) is 13.4. The maximum Gasteiger partial charge on any atom is 0.397 e. The smallest absolute Gasteiger partial charge is 0.397 e. The van der Waals surface area contributed by atoms with Crippen LogP contribution in [0, 0.1) is 0 Å². The van der Waals surface area contributed by atoms with Crippen molar-refractivity contribution >= 4 is 16.4 Å². The van der Waals surface area contributed by atoms with Crippen molar-refractivity contribution in [3.8, 4) is 0 Å². The third kappa shape index (κ3) is 42.3. The Balaban J connectivity index is 2.30. The molecule has 1 heterocycles. The van der Waals surface area contributed by atoms with Crippen LogP contribution in [0.4, 0.5) is 0 Å². The Kier molecular flexibility index (Phi) is 47.2. The average molecular weight is 1040 g/mol. The molecule has 1 rings (SSSR count). The highest BCUT2D eigenvalue weighted by Gasteiger charge is 2.48. The predicted octanol–water partition coefficient (Wildman–Crippen LogP) is 14.6. The summed E-state index contributed by atoms with van der Waals surface area (Å²) in [4.78, 5) is 13.0. The summed E-state index contributed by atoms with van der Waals surface area (Å²) in [7, 11) is -5.07. The lowest BCUT2D eigenvalue weighted by Gasteiger charge is -2.41. The molecule has 12 nitrogen and oxygen atoms in total. The van der Waals surface area contributed by atoms with E-state index < -0.39 is 59.8 Å². The van der Waals surface area contributed by atoms with E-state index in [1.807, 2.05) is 0 Å². The molecule has 72 heavy (non-hydrogen) atoms. The van der Waals surface area contributed by atoms with Gasteiger partial charge < -0.3 is 34.3 Å². The van der Waals surface area contributed by atoms with Gasteiger partial charge in [-0.05, 0) is 77.0 Å². The Morgan fingerprint density at radius 2 is 0.917 bits per heavy atom. The van der Waals surface area contributed by atoms with E-state index in [0.29, 0.717) is 13.0 Å². The molecule has 1 saturated heterocycles. The van der Waals surface area contributed by atoms with E-state index in [9.17, 15) is 33.1 Å². The standard InChI is InChI=1S/C59H108O12S/c1-3-5-7-9-11-13-15-17-19-21-23-25-27-28-30-32-34-36-38-40-42-44-46-48-55(61)69-53(52-68-59-57(63)58(71-72(64,65)66)56(62)54(50-60)70-59)51-67-49-47-45-43-41-39-37-35-33-31-29-26-24-22-20-18-16-14-12-10-8-6-4-2/h15-18,21-24,53-54,56-60,62-63H,3-14,19-20,25-52H2,1-2H3,(H,64,65,66)/b17-15-,18-16-,23-21-,24-22-. The molecular formula is C59H108O12S. The highest BCUT2D eigenvalue weighted by Crippen LogP contribution is 2.26. The fourth-order valence-electron chi connectivity index (χ4n) is 8.97. The first-order valence-electron chi connectivity index (χ1n) is 29.4. The lowest BCUT2D eigenvalue weighted by atomic mass is 9.99. The van der Waals surface area contributed by atoms with Gasteiger partial charge in [0.25, 0.3) is 0 Å². The molecule has 0 spiro atoms. The van der Waals surface area contributed by atoms with E-state index in [4.69, 9.17) is 18.9 Å². The van der Waals surface area contributed by atoms with Crippen molar-refractivity contribution in [1.82, 2.24) is 0 Å². The summed E-state index contributed by atoms with van der Waals surface area (Å²) in [5.41, 5.74) is 0. The summed E-state index contributed by atoms with van der Waals surface area (Å²) in [6.07, 6.45) is 54.3. The van der Waals surface area contributed by atoms with Crippen LogP contribution in [-0.2, 0) is 38.3 Å². The number of carbonyl (C=O) groups is 1. The number of hydrogen-bond acceptors (Lipinski definition) is 11. The van der Waals surface area contributed by atoms with Gasteiger partial charge in [-0.1, -0.05) is 223 Å². The van der Waals surface area contributed by atoms with Crippen LogP contribution < -0.4 is 0 Å². The number of ether oxygens (including phenoxy) is 4. The summed E-state index contributed by atoms with van der Waals surface area (Å²) >= 11 is 0. The number of unbranched alkanes of at least 4 members (excludes halogenated alkanes) is 31. The molecule has 1 aliphatic rings. The summed E-state index contributed by atoms with van der Waals surface area (Å²) < 4.78 is 59.5. The molecule has 6 unspecified atom stereocenters. The molecule has 4 N–H and O–H groups in total. The van der Waals surface area contributed by atoms with Crippen LogP contribution >= 0.6 is 0 Å². The number of carbonyl (C=O) groups excluding carboxylic acids is 1. The highest BCUT2D eigenvalue weighted by molar-refractivity contribution is 7.80. The van der Waals surface area contributed by atoms with Gasteiger partial charge in [0.2, 0.25) is 0 Å². The number of aliphatic hydroxyl groups excluding tert-OH is 3. The molecule has 13 heteroatoms. The van der Waals surface area contributed by atoms with Gasteiger partial charge in [0, 0.05) is 13.0 Å². The molecule has 0 amide bonds. The fraction of sp³-hybridized carbons (Fsp3) is 0.847. The second-order valence-corrected chi connectivity index (χ2v) is 21.3. The zero-order valence-corrected chi connectivity index (χ0v) is 46.6. The molecule has 1 fully saturated rings. The molecule has 422 valence electrons. The molecule has 0 aromatic carbocycles. The van der Waals surface area contributed by atoms with Gasteiger partial charge in [-0.3, -0.25) is 9.35 Å². The zero-order chi connectivity index (χ0) is 52.4. The molecule has 0 aromatic heterocycles. The number of rotatable bonds is 52. The van der Waals surface area contributed by atoms with E-state index in [-0.39, 0.29) is 19.6 Å². The summed E-state index contributed by atoms with van der Waals surface area (Å²) in [5, 5.41) is 30.9. The number of allylic oxidation sites excluding steroid dienone is 8. The minimum atomic E-state index is -5.07. The number of aliphatic hydroxyl groups is 3. The van der Waals surface area contributed by atoms with Gasteiger partial charge in [0.15, 0.2) is 6.29 Å². The van der Waals surface area contributed by atoms with Crippen LogP contribution in [0.3, 0.4) is 0 Å². The van der Waals surface area contributed by atoms with Crippen LogP contribution in [0.15, 0.2) is 48.6 Å².